The molecule has 0 atom stereocenters. The van der Waals surface area contributed by atoms with Crippen LogP contribution in [0.15, 0.2) is 72.9 Å². The highest BCUT2D eigenvalue weighted by atomic mass is 19.1. The molecule has 0 aliphatic rings. The van der Waals surface area contributed by atoms with Gasteiger partial charge in [-0.15, -0.1) is 0 Å². The topological polar surface area (TPSA) is 4.41 Å². The van der Waals surface area contributed by atoms with Crippen molar-refractivity contribution in [3.8, 4) is 11.1 Å². The van der Waals surface area contributed by atoms with Gasteiger partial charge in [0, 0.05) is 17.1 Å². The van der Waals surface area contributed by atoms with Crippen LogP contribution in [-0.4, -0.2) is 4.40 Å². The van der Waals surface area contributed by atoms with Gasteiger partial charge in [0.25, 0.3) is 0 Å². The molecule has 1 nitrogen and oxygen atoms in total. The van der Waals surface area contributed by atoms with Gasteiger partial charge in [0.2, 0.25) is 0 Å². The highest BCUT2D eigenvalue weighted by Crippen LogP contribution is 2.35. The average Bonchev–Trinajstić information content (AvgIpc) is 2.82. The third-order valence-electron chi connectivity index (χ3n) is 3.67. The van der Waals surface area contributed by atoms with E-state index in [2.05, 4.69) is 18.2 Å². The molecule has 0 saturated carbocycles. The lowest BCUT2D eigenvalue weighted by Crippen LogP contribution is -1.82. The van der Waals surface area contributed by atoms with Crippen LogP contribution in [0, 0.1) is 5.82 Å². The van der Waals surface area contributed by atoms with E-state index in [1.54, 1.807) is 6.07 Å². The van der Waals surface area contributed by atoms with E-state index < -0.39 is 0 Å². The molecule has 4 aromatic rings. The second kappa shape index (κ2) is 4.20. The molecule has 0 bridgehead atoms. The molecule has 0 fully saturated rings. The Labute approximate surface area is 115 Å². The van der Waals surface area contributed by atoms with Crippen molar-refractivity contribution in [3.05, 3.63) is 78.7 Å². The van der Waals surface area contributed by atoms with Crippen LogP contribution >= 0.6 is 0 Å². The largest absolute Gasteiger partial charge is 0.316 e. The SMILES string of the molecule is Fc1ccc2c(-c3ccccc3)c3ccccn3c2c1. The Morgan fingerprint density at radius 2 is 1.55 bits per heavy atom. The molecular formula is C18H12FN. The molecule has 0 amide bonds. The van der Waals surface area contributed by atoms with Gasteiger partial charge in [-0.1, -0.05) is 36.4 Å². The number of benzene rings is 2. The molecule has 2 aromatic heterocycles. The fraction of sp³-hybridized carbons (Fsp3) is 0. The van der Waals surface area contributed by atoms with Crippen molar-refractivity contribution in [2.24, 2.45) is 0 Å². The minimum atomic E-state index is -0.208. The lowest BCUT2D eigenvalue weighted by molar-refractivity contribution is 0.629. The number of nitrogens with zero attached hydrogens (tertiary/aromatic N) is 1. The summed E-state index contributed by atoms with van der Waals surface area (Å²) in [6.07, 6.45) is 1.98. The molecule has 0 N–H and O–H groups in total. The fourth-order valence-corrected chi connectivity index (χ4v) is 2.82. The van der Waals surface area contributed by atoms with Crippen LogP contribution in [0.1, 0.15) is 0 Å². The molecule has 0 saturated heterocycles. The molecular weight excluding hydrogens is 249 g/mol. The van der Waals surface area contributed by atoms with E-state index in [0.29, 0.717) is 0 Å². The summed E-state index contributed by atoms with van der Waals surface area (Å²) in [5.74, 6) is -0.208. The average molecular weight is 261 g/mol. The lowest BCUT2D eigenvalue weighted by atomic mass is 10.0. The first-order valence-corrected chi connectivity index (χ1v) is 6.58. The predicted octanol–water partition coefficient (Wildman–Crippen LogP) is 4.90. The van der Waals surface area contributed by atoms with Crippen molar-refractivity contribution in [1.82, 2.24) is 4.40 Å². The predicted molar refractivity (Wildman–Crippen MR) is 80.3 cm³/mol. The molecule has 0 aliphatic carbocycles. The summed E-state index contributed by atoms with van der Waals surface area (Å²) >= 11 is 0. The van der Waals surface area contributed by atoms with Crippen molar-refractivity contribution in [2.45, 2.75) is 0 Å². The molecule has 0 aliphatic heterocycles. The van der Waals surface area contributed by atoms with Crippen LogP contribution in [0.25, 0.3) is 27.5 Å². The smallest absolute Gasteiger partial charge is 0.125 e. The van der Waals surface area contributed by atoms with Crippen molar-refractivity contribution < 1.29 is 4.39 Å². The number of halogens is 1. The maximum absolute atomic E-state index is 13.6. The van der Waals surface area contributed by atoms with Crippen molar-refractivity contribution in [1.29, 1.82) is 0 Å². The normalized spacial score (nSPS) is 11.2. The molecule has 2 heterocycles. The zero-order chi connectivity index (χ0) is 13.5. The monoisotopic (exact) mass is 261 g/mol. The van der Waals surface area contributed by atoms with E-state index in [4.69, 9.17) is 0 Å². The molecule has 0 unspecified atom stereocenters. The molecule has 20 heavy (non-hydrogen) atoms. The maximum Gasteiger partial charge on any atom is 0.125 e. The zero-order valence-electron chi connectivity index (χ0n) is 10.8. The summed E-state index contributed by atoms with van der Waals surface area (Å²) < 4.78 is 15.6. The summed E-state index contributed by atoms with van der Waals surface area (Å²) in [6.45, 7) is 0. The van der Waals surface area contributed by atoms with Gasteiger partial charge in [-0.2, -0.15) is 0 Å². The first-order valence-electron chi connectivity index (χ1n) is 6.58. The number of hydrogen-bond donors (Lipinski definition) is 0. The Hall–Kier alpha value is -2.61. The first-order chi connectivity index (χ1) is 9.84. The third kappa shape index (κ3) is 1.55. The van der Waals surface area contributed by atoms with Gasteiger partial charge in [-0.3, -0.25) is 0 Å². The number of hydrogen-bond acceptors (Lipinski definition) is 0. The summed E-state index contributed by atoms with van der Waals surface area (Å²) in [5, 5.41) is 1.07. The molecule has 0 spiro atoms. The van der Waals surface area contributed by atoms with Crippen LogP contribution < -0.4 is 0 Å². The number of pyridine rings is 1. The molecule has 4 rings (SSSR count). The Bertz CT molecular complexity index is 907. The van der Waals surface area contributed by atoms with E-state index in [1.165, 1.54) is 6.07 Å². The van der Waals surface area contributed by atoms with E-state index in [0.717, 1.165) is 27.5 Å². The van der Waals surface area contributed by atoms with Crippen molar-refractivity contribution >= 4 is 16.4 Å². The van der Waals surface area contributed by atoms with Crippen molar-refractivity contribution in [3.63, 3.8) is 0 Å². The Morgan fingerprint density at radius 1 is 0.750 bits per heavy atom. The molecule has 2 heteroatoms. The Morgan fingerprint density at radius 3 is 2.40 bits per heavy atom. The second-order valence-corrected chi connectivity index (χ2v) is 4.86. The van der Waals surface area contributed by atoms with Crippen LogP contribution in [0.3, 0.4) is 0 Å². The quantitative estimate of drug-likeness (QED) is 0.459. The van der Waals surface area contributed by atoms with E-state index in [1.807, 2.05) is 47.0 Å². The van der Waals surface area contributed by atoms with E-state index in [9.17, 15) is 4.39 Å². The number of aromatic nitrogens is 1. The maximum atomic E-state index is 13.6. The van der Waals surface area contributed by atoms with Gasteiger partial charge >= 0.3 is 0 Å². The van der Waals surface area contributed by atoms with E-state index >= 15 is 0 Å². The summed E-state index contributed by atoms with van der Waals surface area (Å²) in [6, 6.07) is 21.3. The molecule has 96 valence electrons. The Kier molecular flexibility index (Phi) is 2.36. The van der Waals surface area contributed by atoms with Crippen LogP contribution in [-0.2, 0) is 0 Å². The van der Waals surface area contributed by atoms with Crippen LogP contribution in [0.4, 0.5) is 4.39 Å². The van der Waals surface area contributed by atoms with Gasteiger partial charge in [0.15, 0.2) is 0 Å². The lowest BCUT2D eigenvalue weighted by Gasteiger charge is -2.00. The molecule has 0 radical (unpaired) electrons. The van der Waals surface area contributed by atoms with E-state index in [-0.39, 0.29) is 5.82 Å². The second-order valence-electron chi connectivity index (χ2n) is 4.86. The van der Waals surface area contributed by atoms with Crippen LogP contribution in [0.2, 0.25) is 0 Å². The van der Waals surface area contributed by atoms with Gasteiger partial charge in [0.05, 0.1) is 11.0 Å². The minimum absolute atomic E-state index is 0.208. The highest BCUT2D eigenvalue weighted by Gasteiger charge is 2.13. The van der Waals surface area contributed by atoms with Gasteiger partial charge in [-0.25, -0.2) is 4.39 Å². The van der Waals surface area contributed by atoms with Crippen molar-refractivity contribution in [2.75, 3.05) is 0 Å². The van der Waals surface area contributed by atoms with Gasteiger partial charge < -0.3 is 4.40 Å². The number of rotatable bonds is 1. The highest BCUT2D eigenvalue weighted by molar-refractivity contribution is 6.05. The minimum Gasteiger partial charge on any atom is -0.316 e. The fourth-order valence-electron chi connectivity index (χ4n) is 2.82. The summed E-state index contributed by atoms with van der Waals surface area (Å²) in [7, 11) is 0. The standard InChI is InChI=1S/C18H12FN/c19-14-9-10-15-17(12-14)20-11-5-4-8-16(20)18(15)13-6-2-1-3-7-13/h1-12H. The van der Waals surface area contributed by atoms with Gasteiger partial charge in [-0.05, 0) is 35.9 Å². The van der Waals surface area contributed by atoms with Crippen LogP contribution in [0.5, 0.6) is 0 Å². The zero-order valence-corrected chi connectivity index (χ0v) is 10.8. The summed E-state index contributed by atoms with van der Waals surface area (Å²) in [4.78, 5) is 0. The Balaban J connectivity index is 2.22. The first kappa shape index (κ1) is 11.2. The third-order valence-corrected chi connectivity index (χ3v) is 3.67. The molecule has 2 aromatic carbocycles. The number of fused-ring (bicyclic) bond motifs is 3. The van der Waals surface area contributed by atoms with Gasteiger partial charge in [0.1, 0.15) is 5.82 Å². The summed E-state index contributed by atoms with van der Waals surface area (Å²) in [5.41, 5.74) is 4.30.